The monoisotopic (exact) mass is 380 g/mol. The first-order valence-electron chi connectivity index (χ1n) is 8.58. The lowest BCUT2D eigenvalue weighted by atomic mass is 10.1. The Hall–Kier alpha value is -1.80. The lowest BCUT2D eigenvalue weighted by Gasteiger charge is -2.20. The van der Waals surface area contributed by atoms with E-state index in [1.165, 1.54) is 0 Å². The average Bonchev–Trinajstić information content (AvgIpc) is 3.34. The SMILES string of the molecule is CCOc1cc(-c2nccn2[C@H]2CO[C@H]3[C@@H]2OC[C@H]3O)c(Cl)cc1OC. The molecule has 4 rings (SSSR count). The number of imidazole rings is 1. The molecule has 1 N–H and O–H groups in total. The predicted molar refractivity (Wildman–Crippen MR) is 94.9 cm³/mol. The van der Waals surface area contributed by atoms with Crippen molar-refractivity contribution in [2.75, 3.05) is 26.9 Å². The number of benzene rings is 1. The molecular formula is C18H21ClN2O5. The van der Waals surface area contributed by atoms with Gasteiger partial charge in [0.1, 0.15) is 24.1 Å². The summed E-state index contributed by atoms with van der Waals surface area (Å²) in [7, 11) is 1.58. The number of aromatic nitrogens is 2. The number of hydrogen-bond acceptors (Lipinski definition) is 6. The smallest absolute Gasteiger partial charge is 0.162 e. The lowest BCUT2D eigenvalue weighted by Crippen LogP contribution is -2.30. The zero-order valence-electron chi connectivity index (χ0n) is 14.6. The molecule has 1 aromatic heterocycles. The van der Waals surface area contributed by atoms with E-state index in [0.29, 0.717) is 35.6 Å². The summed E-state index contributed by atoms with van der Waals surface area (Å²) in [5, 5.41) is 10.5. The predicted octanol–water partition coefficient (Wildman–Crippen LogP) is 2.31. The molecule has 0 aliphatic carbocycles. The van der Waals surface area contributed by atoms with E-state index in [2.05, 4.69) is 4.98 Å². The number of nitrogens with zero attached hydrogens (tertiary/aromatic N) is 2. The van der Waals surface area contributed by atoms with Crippen LogP contribution >= 0.6 is 11.6 Å². The van der Waals surface area contributed by atoms with Crippen molar-refractivity contribution in [1.29, 1.82) is 0 Å². The Bertz CT molecular complexity index is 796. The zero-order valence-corrected chi connectivity index (χ0v) is 15.3. The maximum atomic E-state index is 9.97. The molecule has 2 aliphatic heterocycles. The van der Waals surface area contributed by atoms with Gasteiger partial charge < -0.3 is 28.6 Å². The zero-order chi connectivity index (χ0) is 18.3. The van der Waals surface area contributed by atoms with Gasteiger partial charge in [-0.25, -0.2) is 4.98 Å². The van der Waals surface area contributed by atoms with Crippen LogP contribution in [0.2, 0.25) is 5.02 Å². The number of fused-ring (bicyclic) bond motifs is 1. The molecule has 2 saturated heterocycles. The first-order valence-corrected chi connectivity index (χ1v) is 8.96. The second-order valence-corrected chi connectivity index (χ2v) is 6.71. The van der Waals surface area contributed by atoms with Crippen LogP contribution in [0.4, 0.5) is 0 Å². The maximum Gasteiger partial charge on any atom is 0.162 e. The van der Waals surface area contributed by atoms with E-state index in [1.807, 2.05) is 23.8 Å². The Morgan fingerprint density at radius 3 is 2.85 bits per heavy atom. The summed E-state index contributed by atoms with van der Waals surface area (Å²) >= 11 is 6.49. The minimum atomic E-state index is -0.592. The molecule has 0 saturated carbocycles. The summed E-state index contributed by atoms with van der Waals surface area (Å²) in [6.07, 6.45) is 2.49. The molecule has 0 amide bonds. The van der Waals surface area contributed by atoms with E-state index in [9.17, 15) is 5.11 Å². The topological polar surface area (TPSA) is 75.0 Å². The average molecular weight is 381 g/mol. The third kappa shape index (κ3) is 2.85. The summed E-state index contributed by atoms with van der Waals surface area (Å²) < 4.78 is 24.5. The van der Waals surface area contributed by atoms with Crippen LogP contribution in [0.15, 0.2) is 24.5 Å². The molecule has 0 unspecified atom stereocenters. The Morgan fingerprint density at radius 2 is 2.08 bits per heavy atom. The number of hydrogen-bond donors (Lipinski definition) is 1. The van der Waals surface area contributed by atoms with Crippen LogP contribution < -0.4 is 9.47 Å². The van der Waals surface area contributed by atoms with Crippen molar-refractivity contribution in [2.45, 2.75) is 31.3 Å². The Kier molecular flexibility index (Phi) is 4.79. The van der Waals surface area contributed by atoms with Crippen molar-refractivity contribution in [3.63, 3.8) is 0 Å². The fraction of sp³-hybridized carbons (Fsp3) is 0.500. The summed E-state index contributed by atoms with van der Waals surface area (Å²) in [5.74, 6) is 1.88. The molecule has 4 atom stereocenters. The van der Waals surface area contributed by atoms with Crippen LogP contribution in [0, 0.1) is 0 Å². The van der Waals surface area contributed by atoms with Gasteiger partial charge in [0.25, 0.3) is 0 Å². The Labute approximate surface area is 156 Å². The van der Waals surface area contributed by atoms with Gasteiger partial charge in [0.15, 0.2) is 11.5 Å². The first kappa shape index (κ1) is 17.6. The quantitative estimate of drug-likeness (QED) is 0.858. The van der Waals surface area contributed by atoms with E-state index in [1.54, 1.807) is 19.4 Å². The van der Waals surface area contributed by atoms with Crippen LogP contribution in [0.3, 0.4) is 0 Å². The van der Waals surface area contributed by atoms with Crippen molar-refractivity contribution in [1.82, 2.24) is 9.55 Å². The third-order valence-electron chi connectivity index (χ3n) is 4.82. The van der Waals surface area contributed by atoms with E-state index in [0.717, 1.165) is 5.56 Å². The van der Waals surface area contributed by atoms with Crippen LogP contribution in [0.5, 0.6) is 11.5 Å². The number of ether oxygens (including phenoxy) is 4. The van der Waals surface area contributed by atoms with Gasteiger partial charge >= 0.3 is 0 Å². The highest BCUT2D eigenvalue weighted by Gasteiger charge is 2.48. The summed E-state index contributed by atoms with van der Waals surface area (Å²) in [4.78, 5) is 4.49. The van der Waals surface area contributed by atoms with Gasteiger partial charge in [-0.15, -0.1) is 0 Å². The molecule has 7 nitrogen and oxygen atoms in total. The molecule has 26 heavy (non-hydrogen) atoms. The number of rotatable bonds is 5. The molecule has 8 heteroatoms. The molecule has 0 bridgehead atoms. The highest BCUT2D eigenvalue weighted by molar-refractivity contribution is 6.33. The van der Waals surface area contributed by atoms with E-state index in [4.69, 9.17) is 30.5 Å². The number of halogens is 1. The summed E-state index contributed by atoms with van der Waals surface area (Å²) in [6, 6.07) is 3.48. The van der Waals surface area contributed by atoms with Crippen LogP contribution in [-0.4, -0.2) is 59.9 Å². The van der Waals surface area contributed by atoms with Gasteiger partial charge in [0, 0.05) is 24.0 Å². The molecule has 2 aliphatic rings. The fourth-order valence-electron chi connectivity index (χ4n) is 3.62. The standard InChI is InChI=1S/C18H21ClN2O5/c1-3-24-15-6-10(11(19)7-14(15)23-2)18-20-4-5-21(18)12-8-25-17-13(22)9-26-16(12)17/h4-7,12-13,16-17,22H,3,8-9H2,1-2H3/t12-,13+,16+,17+/m0/s1. The molecule has 2 fully saturated rings. The van der Waals surface area contributed by atoms with Gasteiger partial charge in [-0.2, -0.15) is 0 Å². The second-order valence-electron chi connectivity index (χ2n) is 6.30. The molecule has 2 aromatic rings. The number of methoxy groups -OCH3 is 1. The summed E-state index contributed by atoms with van der Waals surface area (Å²) in [6.45, 7) is 3.15. The maximum absolute atomic E-state index is 9.97. The van der Waals surface area contributed by atoms with Crippen molar-refractivity contribution in [2.24, 2.45) is 0 Å². The first-order chi connectivity index (χ1) is 12.6. The molecule has 1 aromatic carbocycles. The van der Waals surface area contributed by atoms with Gasteiger partial charge in [-0.05, 0) is 13.0 Å². The van der Waals surface area contributed by atoms with Gasteiger partial charge in [0.05, 0.1) is 38.0 Å². The van der Waals surface area contributed by atoms with E-state index in [-0.39, 0.29) is 24.9 Å². The fourth-order valence-corrected chi connectivity index (χ4v) is 3.86. The van der Waals surface area contributed by atoms with Gasteiger partial charge in [-0.3, -0.25) is 0 Å². The second kappa shape index (κ2) is 7.08. The largest absolute Gasteiger partial charge is 0.493 e. The molecule has 0 spiro atoms. The lowest BCUT2D eigenvalue weighted by molar-refractivity contribution is 0.0172. The minimum Gasteiger partial charge on any atom is -0.493 e. The van der Waals surface area contributed by atoms with Crippen molar-refractivity contribution >= 4 is 11.6 Å². The molecular weight excluding hydrogens is 360 g/mol. The van der Waals surface area contributed by atoms with Crippen LogP contribution in [0.25, 0.3) is 11.4 Å². The van der Waals surface area contributed by atoms with Gasteiger partial charge in [-0.1, -0.05) is 11.6 Å². The van der Waals surface area contributed by atoms with Crippen molar-refractivity contribution < 1.29 is 24.1 Å². The number of aliphatic hydroxyl groups excluding tert-OH is 1. The molecule has 3 heterocycles. The molecule has 0 radical (unpaired) electrons. The van der Waals surface area contributed by atoms with Crippen molar-refractivity contribution in [3.05, 3.63) is 29.5 Å². The summed E-state index contributed by atoms with van der Waals surface area (Å²) in [5.41, 5.74) is 0.739. The Morgan fingerprint density at radius 1 is 1.27 bits per heavy atom. The normalized spacial score (nSPS) is 27.5. The van der Waals surface area contributed by atoms with Crippen LogP contribution in [0.1, 0.15) is 13.0 Å². The van der Waals surface area contributed by atoms with E-state index >= 15 is 0 Å². The van der Waals surface area contributed by atoms with Crippen molar-refractivity contribution in [3.8, 4) is 22.9 Å². The minimum absolute atomic E-state index is 0.0802. The third-order valence-corrected chi connectivity index (χ3v) is 5.13. The Balaban J connectivity index is 1.72. The van der Waals surface area contributed by atoms with Crippen LogP contribution in [-0.2, 0) is 9.47 Å². The highest BCUT2D eigenvalue weighted by Crippen LogP contribution is 2.41. The molecule has 140 valence electrons. The highest BCUT2D eigenvalue weighted by atomic mass is 35.5. The number of aliphatic hydroxyl groups is 1. The van der Waals surface area contributed by atoms with E-state index < -0.39 is 6.10 Å². The van der Waals surface area contributed by atoms with Gasteiger partial charge in [0.2, 0.25) is 0 Å².